The highest BCUT2D eigenvalue weighted by Crippen LogP contribution is 2.40. The van der Waals surface area contributed by atoms with E-state index in [1.807, 2.05) is 18.2 Å². The second-order valence-electron chi connectivity index (χ2n) is 15.8. The summed E-state index contributed by atoms with van der Waals surface area (Å²) in [6.07, 6.45) is 0. The quantitative estimate of drug-likeness (QED) is 0.145. The van der Waals surface area contributed by atoms with E-state index in [2.05, 4.69) is 235 Å². The predicted octanol–water partition coefficient (Wildman–Crippen LogP) is 17.1. The van der Waals surface area contributed by atoms with Crippen molar-refractivity contribution < 1.29 is 4.42 Å². The van der Waals surface area contributed by atoms with Crippen molar-refractivity contribution in [1.82, 2.24) is 0 Å². The number of rotatable bonds is 9. The van der Waals surface area contributed by atoms with Gasteiger partial charge in [-0.2, -0.15) is 0 Å². The minimum atomic E-state index is 0.876. The molecule has 0 aliphatic carbocycles. The summed E-state index contributed by atoms with van der Waals surface area (Å²) < 4.78 is 6.22. The molecular weight excluding hydrogens is 751 g/mol. The number of benzene rings is 10. The average Bonchev–Trinajstić information content (AvgIpc) is 3.80. The Bertz CT molecular complexity index is 3280. The third-order valence-electron chi connectivity index (χ3n) is 11.9. The molecule has 0 aliphatic heterocycles. The van der Waals surface area contributed by atoms with Crippen molar-refractivity contribution in [2.24, 2.45) is 0 Å². The van der Waals surface area contributed by atoms with Gasteiger partial charge in [0, 0.05) is 28.0 Å². The number of anilines is 3. The molecule has 0 saturated carbocycles. The highest BCUT2D eigenvalue weighted by atomic mass is 16.3. The fourth-order valence-corrected chi connectivity index (χ4v) is 8.58. The number of hydrogen-bond acceptors (Lipinski definition) is 2. The van der Waals surface area contributed by atoms with Crippen LogP contribution < -0.4 is 4.90 Å². The van der Waals surface area contributed by atoms with Gasteiger partial charge in [0.1, 0.15) is 11.3 Å². The molecule has 0 spiro atoms. The maximum absolute atomic E-state index is 6.22. The van der Waals surface area contributed by atoms with Gasteiger partial charge in [0.05, 0.1) is 0 Å². The SMILES string of the molecule is c1ccc(-c2ccc(-c3ccc(N(c4ccc(-c5cccc(-c6ccccc6)c5)cc4)c4ccc5cc(-c6cccc(-c7cc8ccccc8o7)c6)ccc5c4)cc3)cc2)cc1. The molecule has 11 rings (SSSR count). The lowest BCUT2D eigenvalue weighted by atomic mass is 9.98. The number of furan rings is 1. The van der Waals surface area contributed by atoms with Gasteiger partial charge in [0.15, 0.2) is 0 Å². The lowest BCUT2D eigenvalue weighted by Crippen LogP contribution is -2.09. The topological polar surface area (TPSA) is 16.4 Å². The van der Waals surface area contributed by atoms with Gasteiger partial charge in [-0.25, -0.2) is 0 Å². The van der Waals surface area contributed by atoms with Crippen LogP contribution in [0.3, 0.4) is 0 Å². The van der Waals surface area contributed by atoms with Crippen LogP contribution in [0.15, 0.2) is 253 Å². The fourth-order valence-electron chi connectivity index (χ4n) is 8.58. The molecule has 292 valence electrons. The number of para-hydroxylation sites is 1. The minimum absolute atomic E-state index is 0.876. The molecule has 0 saturated heterocycles. The van der Waals surface area contributed by atoms with E-state index in [1.54, 1.807) is 0 Å². The largest absolute Gasteiger partial charge is 0.456 e. The summed E-state index contributed by atoms with van der Waals surface area (Å²) in [5.74, 6) is 0.876. The molecule has 0 N–H and O–H groups in total. The van der Waals surface area contributed by atoms with Gasteiger partial charge >= 0.3 is 0 Å². The first-order valence-corrected chi connectivity index (χ1v) is 21.1. The van der Waals surface area contributed by atoms with E-state index in [1.165, 1.54) is 60.8 Å². The summed E-state index contributed by atoms with van der Waals surface area (Å²) >= 11 is 0. The maximum Gasteiger partial charge on any atom is 0.135 e. The first-order chi connectivity index (χ1) is 30.7. The van der Waals surface area contributed by atoms with Crippen LogP contribution >= 0.6 is 0 Å². The standard InChI is InChI=1S/C60H41NO/c1-3-11-42(12-4-1)44-21-23-45(24-22-44)46-27-32-56(33-28-46)61(57-34-29-47(30-35-57)49-17-9-16-48(37-49)43-13-5-2-6-14-43)58-36-31-52-38-51(25-26-53(52)40-58)50-18-10-19-54(39-50)60-41-55-15-7-8-20-59(55)62-60/h1-41H. The monoisotopic (exact) mass is 791 g/mol. The van der Waals surface area contributed by atoms with E-state index >= 15 is 0 Å². The van der Waals surface area contributed by atoms with Gasteiger partial charge < -0.3 is 9.32 Å². The molecule has 0 amide bonds. The Morgan fingerprint density at radius 3 is 1.23 bits per heavy atom. The van der Waals surface area contributed by atoms with Crippen molar-refractivity contribution in [3.05, 3.63) is 249 Å². The van der Waals surface area contributed by atoms with Crippen molar-refractivity contribution >= 4 is 38.8 Å². The second kappa shape index (κ2) is 16.1. The van der Waals surface area contributed by atoms with Crippen LogP contribution in [0.4, 0.5) is 17.1 Å². The maximum atomic E-state index is 6.22. The molecule has 0 aliphatic rings. The first-order valence-electron chi connectivity index (χ1n) is 21.1. The minimum Gasteiger partial charge on any atom is -0.456 e. The Morgan fingerprint density at radius 2 is 0.613 bits per heavy atom. The van der Waals surface area contributed by atoms with Gasteiger partial charge in [-0.15, -0.1) is 0 Å². The Labute approximate surface area is 362 Å². The summed E-state index contributed by atoms with van der Waals surface area (Å²) in [4.78, 5) is 2.36. The average molecular weight is 792 g/mol. The van der Waals surface area contributed by atoms with Gasteiger partial charge in [0.25, 0.3) is 0 Å². The van der Waals surface area contributed by atoms with E-state index in [0.717, 1.165) is 44.9 Å². The molecule has 0 bridgehead atoms. The van der Waals surface area contributed by atoms with Crippen LogP contribution in [-0.2, 0) is 0 Å². The zero-order valence-electron chi connectivity index (χ0n) is 34.0. The molecule has 2 heteroatoms. The summed E-state index contributed by atoms with van der Waals surface area (Å²) in [7, 11) is 0. The molecule has 11 aromatic rings. The Morgan fingerprint density at radius 1 is 0.226 bits per heavy atom. The molecule has 10 aromatic carbocycles. The van der Waals surface area contributed by atoms with Crippen molar-refractivity contribution in [3.8, 4) is 67.0 Å². The molecular formula is C60H41NO. The van der Waals surface area contributed by atoms with E-state index in [0.29, 0.717) is 0 Å². The second-order valence-corrected chi connectivity index (χ2v) is 15.8. The van der Waals surface area contributed by atoms with E-state index in [4.69, 9.17) is 4.42 Å². The lowest BCUT2D eigenvalue weighted by molar-refractivity contribution is 0.631. The Hall–Kier alpha value is -8.20. The number of hydrogen-bond donors (Lipinski definition) is 0. The third-order valence-corrected chi connectivity index (χ3v) is 11.9. The third kappa shape index (κ3) is 7.36. The molecule has 62 heavy (non-hydrogen) atoms. The predicted molar refractivity (Wildman–Crippen MR) is 261 cm³/mol. The van der Waals surface area contributed by atoms with Crippen molar-refractivity contribution in [3.63, 3.8) is 0 Å². The van der Waals surface area contributed by atoms with Gasteiger partial charge in [-0.05, 0) is 133 Å². The van der Waals surface area contributed by atoms with E-state index < -0.39 is 0 Å². The van der Waals surface area contributed by atoms with Gasteiger partial charge in [0.2, 0.25) is 0 Å². The van der Waals surface area contributed by atoms with Crippen molar-refractivity contribution in [1.29, 1.82) is 0 Å². The summed E-state index contributed by atoms with van der Waals surface area (Å²) in [5.41, 5.74) is 17.2. The fraction of sp³-hybridized carbons (Fsp3) is 0. The zero-order chi connectivity index (χ0) is 41.2. The molecule has 0 atom stereocenters. The van der Waals surface area contributed by atoms with Crippen LogP contribution in [0.2, 0.25) is 0 Å². The van der Waals surface area contributed by atoms with Crippen LogP contribution in [0.1, 0.15) is 0 Å². The van der Waals surface area contributed by atoms with Crippen LogP contribution in [0.25, 0.3) is 88.7 Å². The van der Waals surface area contributed by atoms with E-state index in [9.17, 15) is 0 Å². The van der Waals surface area contributed by atoms with Crippen LogP contribution in [0.5, 0.6) is 0 Å². The first kappa shape index (κ1) is 36.8. The Balaban J connectivity index is 0.931. The number of nitrogens with zero attached hydrogens (tertiary/aromatic N) is 1. The zero-order valence-corrected chi connectivity index (χ0v) is 34.0. The van der Waals surface area contributed by atoms with Crippen molar-refractivity contribution in [2.75, 3.05) is 4.90 Å². The molecule has 1 aromatic heterocycles. The summed E-state index contributed by atoms with van der Waals surface area (Å²) in [6, 6.07) is 89.1. The molecule has 2 nitrogen and oxygen atoms in total. The van der Waals surface area contributed by atoms with Crippen molar-refractivity contribution in [2.45, 2.75) is 0 Å². The highest BCUT2D eigenvalue weighted by molar-refractivity contribution is 5.93. The van der Waals surface area contributed by atoms with Gasteiger partial charge in [-0.3, -0.25) is 0 Å². The lowest BCUT2D eigenvalue weighted by Gasteiger charge is -2.26. The van der Waals surface area contributed by atoms with Crippen LogP contribution in [0, 0.1) is 0 Å². The summed E-state index contributed by atoms with van der Waals surface area (Å²) in [5, 5.41) is 3.47. The molecule has 0 radical (unpaired) electrons. The molecule has 1 heterocycles. The highest BCUT2D eigenvalue weighted by Gasteiger charge is 2.15. The van der Waals surface area contributed by atoms with Crippen LogP contribution in [-0.4, -0.2) is 0 Å². The smallest absolute Gasteiger partial charge is 0.135 e. The van der Waals surface area contributed by atoms with E-state index in [-0.39, 0.29) is 0 Å². The number of fused-ring (bicyclic) bond motifs is 2. The van der Waals surface area contributed by atoms with Gasteiger partial charge in [-0.1, -0.05) is 182 Å². The molecule has 0 unspecified atom stereocenters. The summed E-state index contributed by atoms with van der Waals surface area (Å²) in [6.45, 7) is 0. The molecule has 0 fully saturated rings. The Kier molecular flexibility index (Phi) is 9.57. The normalized spacial score (nSPS) is 11.2.